The van der Waals surface area contributed by atoms with Crippen molar-refractivity contribution in [2.75, 3.05) is 0 Å². The molecular formula is C12H17NO4S. The van der Waals surface area contributed by atoms with Crippen LogP contribution in [0.15, 0.2) is 24.3 Å². The molecular weight excluding hydrogens is 254 g/mol. The van der Waals surface area contributed by atoms with E-state index in [2.05, 4.69) is 4.72 Å². The number of sulfonamides is 1. The molecule has 1 rings (SSSR count). The van der Waals surface area contributed by atoms with Gasteiger partial charge in [-0.2, -0.15) is 0 Å². The van der Waals surface area contributed by atoms with Crippen molar-refractivity contribution in [2.45, 2.75) is 32.1 Å². The average molecular weight is 271 g/mol. The van der Waals surface area contributed by atoms with Gasteiger partial charge in [-0.05, 0) is 31.9 Å². The average Bonchev–Trinajstić information content (AvgIpc) is 2.27. The maximum atomic E-state index is 11.8. The summed E-state index contributed by atoms with van der Waals surface area (Å²) >= 11 is 0. The molecule has 0 spiro atoms. The van der Waals surface area contributed by atoms with Gasteiger partial charge in [-0.1, -0.05) is 24.3 Å². The Morgan fingerprint density at radius 2 is 1.83 bits per heavy atom. The van der Waals surface area contributed by atoms with Crippen LogP contribution in [0.1, 0.15) is 31.0 Å². The fourth-order valence-corrected chi connectivity index (χ4v) is 2.71. The van der Waals surface area contributed by atoms with Crippen molar-refractivity contribution in [1.29, 1.82) is 0 Å². The van der Waals surface area contributed by atoms with Gasteiger partial charge in [-0.15, -0.1) is 0 Å². The maximum Gasteiger partial charge on any atom is 0.323 e. The third kappa shape index (κ3) is 3.30. The van der Waals surface area contributed by atoms with E-state index in [-0.39, 0.29) is 0 Å². The number of nitrogens with one attached hydrogen (secondary N) is 1. The second kappa shape index (κ2) is 5.49. The molecule has 0 aliphatic carbocycles. The SMILES string of the molecule is Cc1ccccc1[C@@H](C)NS(=O)(=O)C(C)C(=O)O. The lowest BCUT2D eigenvalue weighted by molar-refractivity contribution is -0.136. The summed E-state index contributed by atoms with van der Waals surface area (Å²) in [7, 11) is -3.87. The maximum absolute atomic E-state index is 11.8. The molecule has 0 aliphatic rings. The molecule has 0 saturated carbocycles. The highest BCUT2D eigenvalue weighted by atomic mass is 32.2. The largest absolute Gasteiger partial charge is 0.480 e. The Kier molecular flexibility index (Phi) is 4.48. The number of hydrogen-bond donors (Lipinski definition) is 2. The lowest BCUT2D eigenvalue weighted by Crippen LogP contribution is -2.38. The molecule has 0 amide bonds. The zero-order chi connectivity index (χ0) is 13.9. The summed E-state index contributed by atoms with van der Waals surface area (Å²) in [5.74, 6) is -1.36. The number of carboxylic acids is 1. The summed E-state index contributed by atoms with van der Waals surface area (Å²) in [6.07, 6.45) is 0. The molecule has 1 unspecified atom stereocenters. The van der Waals surface area contributed by atoms with Crippen molar-refractivity contribution < 1.29 is 18.3 Å². The van der Waals surface area contributed by atoms with Gasteiger partial charge in [0.2, 0.25) is 10.0 Å². The Labute approximate surface area is 107 Å². The van der Waals surface area contributed by atoms with E-state index in [0.29, 0.717) is 0 Å². The third-order valence-corrected chi connectivity index (χ3v) is 4.62. The lowest BCUT2D eigenvalue weighted by Gasteiger charge is -2.18. The van der Waals surface area contributed by atoms with Crippen LogP contribution in [0.2, 0.25) is 0 Å². The predicted molar refractivity (Wildman–Crippen MR) is 68.7 cm³/mol. The zero-order valence-corrected chi connectivity index (χ0v) is 11.4. The smallest absolute Gasteiger partial charge is 0.323 e. The van der Waals surface area contributed by atoms with Crippen molar-refractivity contribution in [2.24, 2.45) is 0 Å². The molecule has 1 aromatic carbocycles. The first-order chi connectivity index (χ1) is 8.25. The Morgan fingerprint density at radius 3 is 2.33 bits per heavy atom. The number of benzene rings is 1. The molecule has 6 heteroatoms. The first-order valence-electron chi connectivity index (χ1n) is 5.55. The van der Waals surface area contributed by atoms with Crippen LogP contribution in [-0.4, -0.2) is 24.7 Å². The molecule has 0 radical (unpaired) electrons. The molecule has 0 aliphatic heterocycles. The quantitative estimate of drug-likeness (QED) is 0.849. The fraction of sp³-hybridized carbons (Fsp3) is 0.417. The molecule has 1 aromatic rings. The molecule has 18 heavy (non-hydrogen) atoms. The van der Waals surface area contributed by atoms with Gasteiger partial charge in [-0.25, -0.2) is 13.1 Å². The highest BCUT2D eigenvalue weighted by molar-refractivity contribution is 7.90. The van der Waals surface area contributed by atoms with Gasteiger partial charge in [0.25, 0.3) is 0 Å². The highest BCUT2D eigenvalue weighted by Crippen LogP contribution is 2.18. The first kappa shape index (κ1) is 14.7. The summed E-state index contributed by atoms with van der Waals surface area (Å²) < 4.78 is 25.9. The molecule has 0 saturated heterocycles. The van der Waals surface area contributed by atoms with Gasteiger partial charge in [0.15, 0.2) is 5.25 Å². The standard InChI is InChI=1S/C12H17NO4S/c1-8-6-4-5-7-11(8)9(2)13-18(16,17)10(3)12(14)15/h4-7,9-10,13H,1-3H3,(H,14,15)/t9-,10?/m1/s1. The van der Waals surface area contributed by atoms with E-state index in [4.69, 9.17) is 5.11 Å². The van der Waals surface area contributed by atoms with Gasteiger partial charge >= 0.3 is 5.97 Å². The van der Waals surface area contributed by atoms with Crippen molar-refractivity contribution in [3.8, 4) is 0 Å². The Bertz CT molecular complexity index is 539. The van der Waals surface area contributed by atoms with E-state index < -0.39 is 27.3 Å². The second-order valence-electron chi connectivity index (χ2n) is 4.22. The minimum atomic E-state index is -3.87. The normalized spacial score (nSPS) is 15.1. The van der Waals surface area contributed by atoms with E-state index in [1.807, 2.05) is 31.2 Å². The highest BCUT2D eigenvalue weighted by Gasteiger charge is 2.29. The van der Waals surface area contributed by atoms with Gasteiger partial charge in [0.05, 0.1) is 0 Å². The van der Waals surface area contributed by atoms with Crippen LogP contribution in [-0.2, 0) is 14.8 Å². The van der Waals surface area contributed by atoms with Gasteiger partial charge in [-0.3, -0.25) is 4.79 Å². The van der Waals surface area contributed by atoms with E-state index in [0.717, 1.165) is 18.1 Å². The molecule has 0 fully saturated rings. The van der Waals surface area contributed by atoms with Crippen LogP contribution in [0.5, 0.6) is 0 Å². The van der Waals surface area contributed by atoms with E-state index in [1.54, 1.807) is 6.92 Å². The number of aliphatic carboxylic acids is 1. The van der Waals surface area contributed by atoms with Crippen LogP contribution in [0.3, 0.4) is 0 Å². The predicted octanol–water partition coefficient (Wildman–Crippen LogP) is 1.45. The lowest BCUT2D eigenvalue weighted by atomic mass is 10.0. The zero-order valence-electron chi connectivity index (χ0n) is 10.5. The molecule has 2 atom stereocenters. The van der Waals surface area contributed by atoms with Gasteiger partial charge in [0, 0.05) is 6.04 Å². The van der Waals surface area contributed by atoms with Crippen molar-refractivity contribution in [3.05, 3.63) is 35.4 Å². The monoisotopic (exact) mass is 271 g/mol. The van der Waals surface area contributed by atoms with Crippen LogP contribution in [0.25, 0.3) is 0 Å². The number of rotatable bonds is 5. The van der Waals surface area contributed by atoms with Crippen molar-refractivity contribution >= 4 is 16.0 Å². The van der Waals surface area contributed by atoms with E-state index in [1.165, 1.54) is 0 Å². The number of carbonyl (C=O) groups is 1. The molecule has 0 aromatic heterocycles. The first-order valence-corrected chi connectivity index (χ1v) is 7.10. The van der Waals surface area contributed by atoms with Gasteiger partial charge in [0.1, 0.15) is 0 Å². The van der Waals surface area contributed by atoms with Crippen molar-refractivity contribution in [1.82, 2.24) is 4.72 Å². The van der Waals surface area contributed by atoms with Crippen molar-refractivity contribution in [3.63, 3.8) is 0 Å². The number of hydrogen-bond acceptors (Lipinski definition) is 3. The van der Waals surface area contributed by atoms with Crippen LogP contribution >= 0.6 is 0 Å². The Morgan fingerprint density at radius 1 is 1.28 bits per heavy atom. The summed E-state index contributed by atoms with van der Waals surface area (Å²) in [4.78, 5) is 10.7. The number of aryl methyl sites for hydroxylation is 1. The fourth-order valence-electron chi connectivity index (χ4n) is 1.62. The minimum Gasteiger partial charge on any atom is -0.480 e. The van der Waals surface area contributed by atoms with Crippen LogP contribution in [0, 0.1) is 6.92 Å². The topological polar surface area (TPSA) is 83.5 Å². The Hall–Kier alpha value is -1.40. The molecule has 0 heterocycles. The van der Waals surface area contributed by atoms with E-state index >= 15 is 0 Å². The molecule has 2 N–H and O–H groups in total. The second-order valence-corrected chi connectivity index (χ2v) is 6.25. The molecule has 0 bridgehead atoms. The molecule has 100 valence electrons. The van der Waals surface area contributed by atoms with Crippen LogP contribution in [0.4, 0.5) is 0 Å². The molecule has 5 nitrogen and oxygen atoms in total. The van der Waals surface area contributed by atoms with Gasteiger partial charge < -0.3 is 5.11 Å². The summed E-state index contributed by atoms with van der Waals surface area (Å²) in [6, 6.07) is 6.90. The van der Waals surface area contributed by atoms with E-state index in [9.17, 15) is 13.2 Å². The summed E-state index contributed by atoms with van der Waals surface area (Å²) in [5, 5.41) is 7.27. The summed E-state index contributed by atoms with van der Waals surface area (Å²) in [6.45, 7) is 4.71. The van der Waals surface area contributed by atoms with Crippen LogP contribution < -0.4 is 4.72 Å². The minimum absolute atomic E-state index is 0.460. The Balaban J connectivity index is 2.92. The number of carboxylic acid groups (broad SMARTS) is 1. The third-order valence-electron chi connectivity index (χ3n) is 2.81. The summed E-state index contributed by atoms with van der Waals surface area (Å²) in [5.41, 5.74) is 1.79.